The first-order valence-corrected chi connectivity index (χ1v) is 18.0. The molecular formula is C35H45N3O10S. The molecule has 1 aliphatic heterocycles. The minimum absolute atomic E-state index is 0.0363. The molecule has 13 nitrogen and oxygen atoms in total. The highest BCUT2D eigenvalue weighted by molar-refractivity contribution is 7.90. The molecule has 0 spiro atoms. The number of likely N-dealkylation sites (tertiary alicyclic amines) is 1. The number of ether oxygens (including phenoxy) is 3. The maximum absolute atomic E-state index is 14.2. The number of aliphatic hydroxyl groups is 1. The maximum atomic E-state index is 14.2. The molecule has 2 aromatic rings. The van der Waals surface area contributed by atoms with Gasteiger partial charge in [0.2, 0.25) is 27.7 Å². The molecule has 5 rings (SSSR count). The molecule has 49 heavy (non-hydrogen) atoms. The van der Waals surface area contributed by atoms with Crippen LogP contribution < -0.4 is 14.2 Å². The van der Waals surface area contributed by atoms with E-state index in [9.17, 15) is 32.7 Å². The van der Waals surface area contributed by atoms with Gasteiger partial charge in [-0.05, 0) is 82.5 Å². The molecule has 1 aromatic carbocycles. The van der Waals surface area contributed by atoms with E-state index in [4.69, 9.17) is 14.2 Å². The van der Waals surface area contributed by atoms with Crippen molar-refractivity contribution in [2.24, 2.45) is 17.3 Å². The fourth-order valence-electron chi connectivity index (χ4n) is 6.49. The Balaban J connectivity index is 1.42. The van der Waals surface area contributed by atoms with Gasteiger partial charge in [0, 0.05) is 24.4 Å². The number of aromatic nitrogens is 1. The predicted octanol–water partition coefficient (Wildman–Crippen LogP) is 3.08. The van der Waals surface area contributed by atoms with Crippen molar-refractivity contribution >= 4 is 44.4 Å². The number of benzene rings is 1. The molecular weight excluding hydrogens is 654 g/mol. The quantitative estimate of drug-likeness (QED) is 0.219. The number of hydrogen-bond donors (Lipinski definition) is 2. The summed E-state index contributed by atoms with van der Waals surface area (Å²) >= 11 is 0. The monoisotopic (exact) mass is 699 g/mol. The molecule has 1 saturated heterocycles. The number of nitrogens with zero attached hydrogens (tertiary/aromatic N) is 2. The van der Waals surface area contributed by atoms with Crippen molar-refractivity contribution in [1.29, 1.82) is 0 Å². The number of sulfonamides is 1. The Morgan fingerprint density at radius 1 is 1.20 bits per heavy atom. The van der Waals surface area contributed by atoms with E-state index in [1.807, 2.05) is 6.07 Å². The van der Waals surface area contributed by atoms with Crippen LogP contribution in [0.2, 0.25) is 0 Å². The molecule has 6 atom stereocenters. The van der Waals surface area contributed by atoms with E-state index in [1.165, 1.54) is 17.9 Å². The molecule has 1 aromatic heterocycles. The van der Waals surface area contributed by atoms with Gasteiger partial charge in [-0.25, -0.2) is 13.4 Å². The number of carbonyl (C=O) groups excluding carboxylic acids is 4. The summed E-state index contributed by atoms with van der Waals surface area (Å²) in [5.41, 5.74) is -2.15. The molecule has 266 valence electrons. The van der Waals surface area contributed by atoms with Crippen LogP contribution in [0.3, 0.4) is 0 Å². The van der Waals surface area contributed by atoms with Crippen molar-refractivity contribution in [3.63, 3.8) is 0 Å². The van der Waals surface area contributed by atoms with Crippen molar-refractivity contribution in [3.8, 4) is 11.6 Å². The lowest BCUT2D eigenvalue weighted by atomic mass is 9.90. The van der Waals surface area contributed by atoms with E-state index in [0.717, 1.165) is 5.39 Å². The van der Waals surface area contributed by atoms with Crippen molar-refractivity contribution in [1.82, 2.24) is 14.6 Å². The fraction of sp³-hybridized carbons (Fsp3) is 0.571. The Hall–Kier alpha value is -4.04. The van der Waals surface area contributed by atoms with E-state index < -0.39 is 86.4 Å². The number of Topliss-reactive ketones (excluding diaryl/α,β-unsaturated/α-hetero) is 1. The van der Waals surface area contributed by atoms with Gasteiger partial charge < -0.3 is 24.2 Å². The van der Waals surface area contributed by atoms with Gasteiger partial charge in [0.25, 0.3) is 0 Å². The second kappa shape index (κ2) is 13.7. The highest BCUT2D eigenvalue weighted by Gasteiger charge is 2.61. The molecule has 14 heteroatoms. The zero-order chi connectivity index (χ0) is 35.9. The molecule has 2 amide bonds. The van der Waals surface area contributed by atoms with Gasteiger partial charge in [0.05, 0.1) is 48.8 Å². The van der Waals surface area contributed by atoms with Crippen LogP contribution in [0, 0.1) is 17.3 Å². The molecule has 2 N–H and O–H groups in total. The number of ketones is 1. The number of methoxy groups -OCH3 is 1. The highest BCUT2D eigenvalue weighted by atomic mass is 32.2. The average molecular weight is 700 g/mol. The van der Waals surface area contributed by atoms with E-state index in [2.05, 4.69) is 16.3 Å². The van der Waals surface area contributed by atoms with Gasteiger partial charge in [-0.15, -0.1) is 6.58 Å². The summed E-state index contributed by atoms with van der Waals surface area (Å²) in [5, 5.41) is 11.5. The van der Waals surface area contributed by atoms with Crippen molar-refractivity contribution in [2.45, 2.75) is 95.3 Å². The minimum atomic E-state index is -3.87. The first-order valence-electron chi connectivity index (χ1n) is 16.5. The number of aliphatic hydroxyl groups excluding tert-OH is 1. The third-order valence-electron chi connectivity index (χ3n) is 9.40. The first kappa shape index (κ1) is 36.2. The van der Waals surface area contributed by atoms with E-state index in [-0.39, 0.29) is 31.7 Å². The number of carbonyl (C=O) groups is 4. The van der Waals surface area contributed by atoms with E-state index in [0.29, 0.717) is 24.0 Å². The Morgan fingerprint density at radius 2 is 1.92 bits per heavy atom. The minimum Gasteiger partial charge on any atom is -0.497 e. The lowest BCUT2D eigenvalue weighted by Gasteiger charge is -2.30. The summed E-state index contributed by atoms with van der Waals surface area (Å²) in [6.45, 7) is 10.2. The molecule has 0 bridgehead atoms. The Bertz CT molecular complexity index is 1750. The van der Waals surface area contributed by atoms with Gasteiger partial charge in [0.15, 0.2) is 5.78 Å². The third kappa shape index (κ3) is 8.07. The summed E-state index contributed by atoms with van der Waals surface area (Å²) < 4.78 is 44.5. The number of hydrogen-bond acceptors (Lipinski definition) is 11. The van der Waals surface area contributed by atoms with Crippen LogP contribution in [0.15, 0.2) is 43.1 Å². The average Bonchev–Trinajstić information content (AvgIpc) is 3.95. The molecule has 3 aliphatic rings. The molecule has 2 saturated carbocycles. The lowest BCUT2D eigenvalue weighted by Crippen LogP contribution is -2.48. The second-order valence-electron chi connectivity index (χ2n) is 14.3. The van der Waals surface area contributed by atoms with Crippen LogP contribution in [0.4, 0.5) is 0 Å². The summed E-state index contributed by atoms with van der Waals surface area (Å²) in [7, 11) is -2.31. The summed E-state index contributed by atoms with van der Waals surface area (Å²) in [6, 6.07) is 6.08. The lowest BCUT2D eigenvalue weighted by molar-refractivity contribution is -0.161. The van der Waals surface area contributed by atoms with Gasteiger partial charge in [-0.3, -0.25) is 23.9 Å². The van der Waals surface area contributed by atoms with Crippen LogP contribution in [-0.2, 0) is 33.9 Å². The highest BCUT2D eigenvalue weighted by Crippen LogP contribution is 2.57. The summed E-state index contributed by atoms with van der Waals surface area (Å²) in [4.78, 5) is 60.2. The number of rotatable bonds is 14. The molecule has 3 fully saturated rings. The van der Waals surface area contributed by atoms with Crippen LogP contribution in [-0.4, -0.2) is 89.7 Å². The number of nitrogens with one attached hydrogen (secondary N) is 1. The normalized spacial score (nSPS) is 24.9. The predicted molar refractivity (Wildman–Crippen MR) is 179 cm³/mol. The fourth-order valence-corrected chi connectivity index (χ4v) is 7.87. The Kier molecular flexibility index (Phi) is 10.1. The maximum Gasteiger partial charge on any atom is 0.307 e. The largest absolute Gasteiger partial charge is 0.497 e. The molecule has 2 aliphatic carbocycles. The van der Waals surface area contributed by atoms with Crippen LogP contribution in [0.1, 0.15) is 66.2 Å². The smallest absolute Gasteiger partial charge is 0.307 e. The molecule has 2 heterocycles. The second-order valence-corrected chi connectivity index (χ2v) is 16.3. The van der Waals surface area contributed by atoms with Crippen molar-refractivity contribution in [2.75, 3.05) is 13.7 Å². The van der Waals surface area contributed by atoms with Crippen molar-refractivity contribution < 1.29 is 46.9 Å². The first-order chi connectivity index (χ1) is 23.0. The van der Waals surface area contributed by atoms with Gasteiger partial charge in [0.1, 0.15) is 17.5 Å². The van der Waals surface area contributed by atoms with Crippen LogP contribution >= 0.6 is 0 Å². The zero-order valence-corrected chi connectivity index (χ0v) is 29.3. The number of amides is 2. The van der Waals surface area contributed by atoms with Crippen molar-refractivity contribution in [3.05, 3.63) is 43.1 Å². The molecule has 0 radical (unpaired) electrons. The third-order valence-corrected chi connectivity index (χ3v) is 11.2. The zero-order valence-electron chi connectivity index (χ0n) is 28.5. The standard InChI is InChI=1S/C35H45N3O10S/c1-7-22-17-35(22,33(43)37-49(44,45)25-9-10-25)18-29(40)28-15-24(47-31-26-11-8-23(46-6)14-21(26)12-13-36-31)19-38(28)32(42)27(20(2)39)16-30(41)48-34(3,4)5/h7-8,11-14,20,22,24-25,27-28,39H,1,9-10,15-19H2,2-6H3,(H,37,43)/t20-,22-,24?,27+,28+,35-/m1/s1. The number of esters is 1. The number of fused-ring (bicyclic) bond motifs is 1. The topological polar surface area (TPSA) is 178 Å². The van der Waals surface area contributed by atoms with Crippen LogP contribution in [0.5, 0.6) is 11.6 Å². The summed E-state index contributed by atoms with van der Waals surface area (Å²) in [5.74, 6) is -3.30. The van der Waals surface area contributed by atoms with E-state index >= 15 is 0 Å². The molecule has 1 unspecified atom stereocenters. The SMILES string of the molecule is C=C[C@@H]1C[C@]1(CC(=O)[C@@H]1CC(Oc2nccc3cc(OC)ccc23)CN1C(=O)[C@@H](CC(=O)OC(C)(C)C)[C@@H](C)O)C(=O)NS(=O)(=O)C1CC1. The van der Waals surface area contributed by atoms with Gasteiger partial charge in [-0.1, -0.05) is 6.08 Å². The number of allylic oxidation sites excluding steroid dienone is 1. The Morgan fingerprint density at radius 3 is 2.51 bits per heavy atom. The Labute approximate surface area is 286 Å². The van der Waals surface area contributed by atoms with Gasteiger partial charge in [-0.2, -0.15) is 0 Å². The van der Waals surface area contributed by atoms with Gasteiger partial charge >= 0.3 is 5.97 Å². The summed E-state index contributed by atoms with van der Waals surface area (Å²) in [6.07, 6.45) is 1.56. The van der Waals surface area contributed by atoms with E-state index in [1.54, 1.807) is 52.3 Å². The van der Waals surface area contributed by atoms with Crippen LogP contribution in [0.25, 0.3) is 10.8 Å². The number of pyridine rings is 1.